The molecule has 2 N–H and O–H groups in total. The van der Waals surface area contributed by atoms with E-state index < -0.39 is 0 Å². The van der Waals surface area contributed by atoms with Crippen LogP contribution in [-0.2, 0) is 11.2 Å². The van der Waals surface area contributed by atoms with Gasteiger partial charge in [0, 0.05) is 19.3 Å². The molecule has 3 nitrogen and oxygen atoms in total. The van der Waals surface area contributed by atoms with Gasteiger partial charge in [0.05, 0.1) is 0 Å². The highest BCUT2D eigenvalue weighted by Gasteiger charge is 2.07. The number of rotatable bonds is 9. The number of nitrogens with one attached hydrogen (secondary N) is 1. The van der Waals surface area contributed by atoms with E-state index >= 15 is 0 Å². The zero-order valence-corrected chi connectivity index (χ0v) is 13.8. The molecule has 21 heavy (non-hydrogen) atoms. The van der Waals surface area contributed by atoms with E-state index in [1.54, 1.807) is 0 Å². The molecule has 1 aromatic rings. The molecule has 0 amide bonds. The first kappa shape index (κ1) is 19.7. The van der Waals surface area contributed by atoms with Gasteiger partial charge in [0.2, 0.25) is 0 Å². The lowest BCUT2D eigenvalue weighted by Crippen LogP contribution is -2.06. The van der Waals surface area contributed by atoms with Crippen LogP contribution in [0.1, 0.15) is 50.2 Å². The minimum atomic E-state index is 0.343. The Morgan fingerprint density at radius 1 is 1.24 bits per heavy atom. The Morgan fingerprint density at radius 3 is 2.48 bits per heavy atom. The van der Waals surface area contributed by atoms with Crippen molar-refractivity contribution in [3.8, 4) is 0 Å². The van der Waals surface area contributed by atoms with Gasteiger partial charge < -0.3 is 15.2 Å². The van der Waals surface area contributed by atoms with Crippen molar-refractivity contribution in [2.75, 3.05) is 19.0 Å². The molecule has 0 aliphatic carbocycles. The van der Waals surface area contributed by atoms with Crippen molar-refractivity contribution in [1.29, 1.82) is 0 Å². The molecule has 120 valence electrons. The SMILES string of the molecule is C=O.CCCCC(CO)CCCc1cc(NC)ccc1C. The van der Waals surface area contributed by atoms with Crippen LogP contribution in [-0.4, -0.2) is 25.6 Å². The average Bonchev–Trinajstić information content (AvgIpc) is 2.54. The Morgan fingerprint density at radius 2 is 1.90 bits per heavy atom. The lowest BCUT2D eigenvalue weighted by molar-refractivity contribution is -0.0979. The first-order valence-electron chi connectivity index (χ1n) is 7.88. The molecule has 3 heteroatoms. The van der Waals surface area contributed by atoms with E-state index in [0.29, 0.717) is 12.5 Å². The summed E-state index contributed by atoms with van der Waals surface area (Å²) in [5.41, 5.74) is 3.98. The summed E-state index contributed by atoms with van der Waals surface area (Å²) in [6, 6.07) is 6.55. The van der Waals surface area contributed by atoms with E-state index in [0.717, 1.165) is 12.8 Å². The highest BCUT2D eigenvalue weighted by atomic mass is 16.3. The number of unbranched alkanes of at least 4 members (excludes halogenated alkanes) is 1. The number of benzene rings is 1. The molecule has 0 bridgehead atoms. The lowest BCUT2D eigenvalue weighted by Gasteiger charge is -2.14. The largest absolute Gasteiger partial charge is 0.396 e. The standard InChI is InChI=1S/C17H29NO.CH2O/c1-4-5-7-15(13-19)8-6-9-16-12-17(18-3)11-10-14(16)2;1-2/h10-12,15,18-19H,4-9,13H2,1-3H3;1H2. The zero-order chi connectivity index (χ0) is 16.1. The number of carbonyl (C=O) groups excluding carboxylic acids is 1. The van der Waals surface area contributed by atoms with Crippen molar-refractivity contribution < 1.29 is 9.90 Å². The summed E-state index contributed by atoms with van der Waals surface area (Å²) < 4.78 is 0. The Bertz CT molecular complexity index is 379. The van der Waals surface area contributed by atoms with Crippen LogP contribution in [0.25, 0.3) is 0 Å². The number of aliphatic hydroxyl groups excluding tert-OH is 1. The molecule has 0 aliphatic rings. The highest BCUT2D eigenvalue weighted by molar-refractivity contribution is 5.47. The number of aliphatic hydroxyl groups is 1. The third kappa shape index (κ3) is 7.86. The van der Waals surface area contributed by atoms with Crippen LogP contribution in [0.4, 0.5) is 5.69 Å². The summed E-state index contributed by atoms with van der Waals surface area (Å²) in [6.45, 7) is 6.73. The monoisotopic (exact) mass is 293 g/mol. The second-order valence-electron chi connectivity index (χ2n) is 5.47. The Labute approximate surface area is 129 Å². The van der Waals surface area contributed by atoms with E-state index in [9.17, 15) is 5.11 Å². The lowest BCUT2D eigenvalue weighted by atomic mass is 9.94. The maximum atomic E-state index is 9.38. The number of aryl methyl sites for hydroxylation is 2. The van der Waals surface area contributed by atoms with Gasteiger partial charge in [-0.2, -0.15) is 0 Å². The highest BCUT2D eigenvalue weighted by Crippen LogP contribution is 2.20. The summed E-state index contributed by atoms with van der Waals surface area (Å²) in [6.07, 6.45) is 7.05. The van der Waals surface area contributed by atoms with E-state index in [1.165, 1.54) is 42.5 Å². The average molecular weight is 293 g/mol. The summed E-state index contributed by atoms with van der Waals surface area (Å²) in [5.74, 6) is 0.493. The molecule has 0 radical (unpaired) electrons. The van der Waals surface area contributed by atoms with Crippen LogP contribution in [0, 0.1) is 12.8 Å². The molecule has 0 fully saturated rings. The van der Waals surface area contributed by atoms with Gasteiger partial charge in [0.1, 0.15) is 6.79 Å². The number of hydrogen-bond acceptors (Lipinski definition) is 3. The van der Waals surface area contributed by atoms with Crippen LogP contribution in [0.15, 0.2) is 18.2 Å². The van der Waals surface area contributed by atoms with Crippen LogP contribution < -0.4 is 5.32 Å². The van der Waals surface area contributed by atoms with Gasteiger partial charge in [0.25, 0.3) is 0 Å². The van der Waals surface area contributed by atoms with Crippen molar-refractivity contribution in [2.45, 2.75) is 52.4 Å². The number of hydrogen-bond donors (Lipinski definition) is 2. The molecule has 0 aliphatic heterocycles. The first-order valence-corrected chi connectivity index (χ1v) is 7.88. The summed E-state index contributed by atoms with van der Waals surface area (Å²) >= 11 is 0. The van der Waals surface area contributed by atoms with Gasteiger partial charge in [-0.3, -0.25) is 0 Å². The van der Waals surface area contributed by atoms with E-state index in [-0.39, 0.29) is 0 Å². The van der Waals surface area contributed by atoms with E-state index in [2.05, 4.69) is 37.4 Å². The smallest absolute Gasteiger partial charge is 0.106 e. The minimum absolute atomic E-state index is 0.343. The van der Waals surface area contributed by atoms with Crippen LogP contribution in [0.2, 0.25) is 0 Å². The van der Waals surface area contributed by atoms with Gasteiger partial charge in [-0.15, -0.1) is 0 Å². The Kier molecular flexibility index (Phi) is 11.6. The fourth-order valence-electron chi connectivity index (χ4n) is 2.50. The van der Waals surface area contributed by atoms with Crippen molar-refractivity contribution in [3.63, 3.8) is 0 Å². The fraction of sp³-hybridized carbons (Fsp3) is 0.611. The van der Waals surface area contributed by atoms with Crippen LogP contribution in [0.3, 0.4) is 0 Å². The molecule has 0 saturated carbocycles. The van der Waals surface area contributed by atoms with E-state index in [4.69, 9.17) is 4.79 Å². The molecule has 1 atom stereocenters. The topological polar surface area (TPSA) is 49.3 Å². The molecular formula is C18H31NO2. The Balaban J connectivity index is 0.00000191. The zero-order valence-electron chi connectivity index (χ0n) is 13.8. The molecule has 0 aromatic heterocycles. The second kappa shape index (κ2) is 12.4. The quantitative estimate of drug-likeness (QED) is 0.724. The van der Waals surface area contributed by atoms with Gasteiger partial charge in [-0.25, -0.2) is 0 Å². The molecule has 0 spiro atoms. The number of anilines is 1. The fourth-order valence-corrected chi connectivity index (χ4v) is 2.50. The molecule has 1 aromatic carbocycles. The predicted molar refractivity (Wildman–Crippen MR) is 90.9 cm³/mol. The van der Waals surface area contributed by atoms with Crippen molar-refractivity contribution in [3.05, 3.63) is 29.3 Å². The van der Waals surface area contributed by atoms with Crippen molar-refractivity contribution >= 4 is 12.5 Å². The van der Waals surface area contributed by atoms with Crippen LogP contribution >= 0.6 is 0 Å². The number of carbonyl (C=O) groups is 1. The third-order valence-electron chi connectivity index (χ3n) is 3.92. The first-order chi connectivity index (χ1) is 10.2. The van der Waals surface area contributed by atoms with Crippen molar-refractivity contribution in [1.82, 2.24) is 0 Å². The van der Waals surface area contributed by atoms with E-state index in [1.807, 2.05) is 13.8 Å². The normalized spacial score (nSPS) is 11.4. The maximum Gasteiger partial charge on any atom is 0.106 e. The predicted octanol–water partition coefficient (Wildman–Crippen LogP) is 3.97. The van der Waals surface area contributed by atoms with Crippen LogP contribution in [0.5, 0.6) is 0 Å². The van der Waals surface area contributed by atoms with Gasteiger partial charge in [-0.05, 0) is 61.8 Å². The molecule has 1 rings (SSSR count). The maximum absolute atomic E-state index is 9.38. The van der Waals surface area contributed by atoms with Crippen molar-refractivity contribution in [2.24, 2.45) is 5.92 Å². The minimum Gasteiger partial charge on any atom is -0.396 e. The molecule has 1 unspecified atom stereocenters. The molecular weight excluding hydrogens is 262 g/mol. The summed E-state index contributed by atoms with van der Waals surface area (Å²) in [7, 11) is 1.96. The molecule has 0 heterocycles. The molecule has 0 saturated heterocycles. The summed E-state index contributed by atoms with van der Waals surface area (Å²) in [4.78, 5) is 8.00. The second-order valence-corrected chi connectivity index (χ2v) is 5.47. The third-order valence-corrected chi connectivity index (χ3v) is 3.92. The Hall–Kier alpha value is -1.35. The van der Waals surface area contributed by atoms with Gasteiger partial charge >= 0.3 is 0 Å². The van der Waals surface area contributed by atoms with Gasteiger partial charge in [-0.1, -0.05) is 25.8 Å². The van der Waals surface area contributed by atoms with Gasteiger partial charge in [0.15, 0.2) is 0 Å². The summed E-state index contributed by atoms with van der Waals surface area (Å²) in [5, 5.41) is 12.6.